The standard InChI is InChI=1S/C22H30N4O3/c1-3-29-20-16-18(2)23-22(24-20)26-13-11-25(12-14-26)21(27)10-7-15-28-17-19-8-5-4-6-9-19/h4-6,8-9,16H,3,7,10-15,17H2,1-2H3. The second-order valence-corrected chi connectivity index (χ2v) is 7.09. The fraction of sp³-hybridized carbons (Fsp3) is 0.500. The van der Waals surface area contributed by atoms with Crippen LogP contribution in [-0.4, -0.2) is 60.2 Å². The summed E-state index contributed by atoms with van der Waals surface area (Å²) in [6.07, 6.45) is 1.26. The van der Waals surface area contributed by atoms with Gasteiger partial charge < -0.3 is 19.3 Å². The van der Waals surface area contributed by atoms with Crippen LogP contribution < -0.4 is 9.64 Å². The third-order valence-electron chi connectivity index (χ3n) is 4.82. The van der Waals surface area contributed by atoms with Gasteiger partial charge in [0, 0.05) is 51.0 Å². The van der Waals surface area contributed by atoms with Crippen molar-refractivity contribution in [1.82, 2.24) is 14.9 Å². The molecular weight excluding hydrogens is 368 g/mol. The molecule has 29 heavy (non-hydrogen) atoms. The van der Waals surface area contributed by atoms with Gasteiger partial charge in [0.2, 0.25) is 17.7 Å². The van der Waals surface area contributed by atoms with Crippen LogP contribution in [-0.2, 0) is 16.1 Å². The van der Waals surface area contributed by atoms with Crippen molar-refractivity contribution in [1.29, 1.82) is 0 Å². The number of carbonyl (C=O) groups excluding carboxylic acids is 1. The lowest BCUT2D eigenvalue weighted by atomic mass is 10.2. The van der Waals surface area contributed by atoms with Gasteiger partial charge in [0.25, 0.3) is 0 Å². The van der Waals surface area contributed by atoms with Gasteiger partial charge in [-0.25, -0.2) is 4.98 Å². The topological polar surface area (TPSA) is 67.8 Å². The normalized spacial score (nSPS) is 14.1. The summed E-state index contributed by atoms with van der Waals surface area (Å²) in [5, 5.41) is 0. The highest BCUT2D eigenvalue weighted by molar-refractivity contribution is 5.76. The zero-order chi connectivity index (χ0) is 20.5. The Labute approximate surface area is 172 Å². The number of rotatable bonds is 9. The van der Waals surface area contributed by atoms with Gasteiger partial charge in [0.05, 0.1) is 13.2 Å². The van der Waals surface area contributed by atoms with Gasteiger partial charge in [-0.15, -0.1) is 0 Å². The van der Waals surface area contributed by atoms with E-state index in [1.165, 1.54) is 0 Å². The number of amides is 1. The molecule has 1 aromatic heterocycles. The molecule has 1 amide bonds. The van der Waals surface area contributed by atoms with Crippen LogP contribution in [0.15, 0.2) is 36.4 Å². The summed E-state index contributed by atoms with van der Waals surface area (Å²) in [6, 6.07) is 11.9. The summed E-state index contributed by atoms with van der Waals surface area (Å²) in [5.74, 6) is 1.46. The predicted molar refractivity (Wildman–Crippen MR) is 112 cm³/mol. The summed E-state index contributed by atoms with van der Waals surface area (Å²) < 4.78 is 11.2. The Kier molecular flexibility index (Phi) is 7.81. The van der Waals surface area contributed by atoms with Crippen molar-refractivity contribution in [2.45, 2.75) is 33.3 Å². The third kappa shape index (κ3) is 6.42. The maximum atomic E-state index is 12.5. The first-order valence-electron chi connectivity index (χ1n) is 10.3. The van der Waals surface area contributed by atoms with Crippen LogP contribution >= 0.6 is 0 Å². The molecule has 1 aromatic carbocycles. The Hall–Kier alpha value is -2.67. The van der Waals surface area contributed by atoms with Gasteiger partial charge in [-0.1, -0.05) is 30.3 Å². The molecule has 0 unspecified atom stereocenters. The zero-order valence-electron chi connectivity index (χ0n) is 17.3. The van der Waals surface area contributed by atoms with E-state index in [-0.39, 0.29) is 5.91 Å². The van der Waals surface area contributed by atoms with Gasteiger partial charge in [-0.2, -0.15) is 4.98 Å². The highest BCUT2D eigenvalue weighted by Gasteiger charge is 2.22. The number of hydrogen-bond donors (Lipinski definition) is 0. The highest BCUT2D eigenvalue weighted by atomic mass is 16.5. The van der Waals surface area contributed by atoms with Crippen molar-refractivity contribution in [2.75, 3.05) is 44.3 Å². The molecule has 1 saturated heterocycles. The van der Waals surface area contributed by atoms with E-state index in [4.69, 9.17) is 9.47 Å². The summed E-state index contributed by atoms with van der Waals surface area (Å²) in [5.41, 5.74) is 2.04. The second kappa shape index (κ2) is 10.8. The molecule has 0 bridgehead atoms. The molecule has 156 valence electrons. The Morgan fingerprint density at radius 1 is 1.10 bits per heavy atom. The molecule has 1 aliphatic heterocycles. The summed E-state index contributed by atoms with van der Waals surface area (Å²) in [6.45, 7) is 8.47. The Balaban J connectivity index is 1.38. The first-order chi connectivity index (χ1) is 14.2. The molecule has 0 saturated carbocycles. The maximum absolute atomic E-state index is 12.5. The van der Waals surface area contributed by atoms with E-state index in [2.05, 4.69) is 14.9 Å². The third-order valence-corrected chi connectivity index (χ3v) is 4.82. The number of hydrogen-bond acceptors (Lipinski definition) is 6. The minimum atomic E-state index is 0.188. The van der Waals surface area contributed by atoms with Gasteiger partial charge in [0.1, 0.15) is 0 Å². The lowest BCUT2D eigenvalue weighted by Crippen LogP contribution is -2.49. The predicted octanol–water partition coefficient (Wildman–Crippen LogP) is 2.83. The number of nitrogens with zero attached hydrogens (tertiary/aromatic N) is 4. The number of carbonyl (C=O) groups is 1. The molecule has 1 fully saturated rings. The van der Waals surface area contributed by atoms with Gasteiger partial charge in [0.15, 0.2) is 0 Å². The minimum absolute atomic E-state index is 0.188. The van der Waals surface area contributed by atoms with E-state index in [1.807, 2.05) is 55.1 Å². The molecule has 2 aromatic rings. The quantitative estimate of drug-likeness (QED) is 0.605. The molecule has 0 N–H and O–H groups in total. The van der Waals surface area contributed by atoms with Crippen LogP contribution in [0.4, 0.5) is 5.95 Å². The van der Waals surface area contributed by atoms with Crippen molar-refractivity contribution in [2.24, 2.45) is 0 Å². The fourth-order valence-corrected chi connectivity index (χ4v) is 3.29. The van der Waals surface area contributed by atoms with E-state index in [1.54, 1.807) is 0 Å². The highest BCUT2D eigenvalue weighted by Crippen LogP contribution is 2.17. The van der Waals surface area contributed by atoms with Crippen molar-refractivity contribution >= 4 is 11.9 Å². The zero-order valence-corrected chi connectivity index (χ0v) is 17.3. The Morgan fingerprint density at radius 2 is 1.86 bits per heavy atom. The van der Waals surface area contributed by atoms with Crippen LogP contribution in [0.1, 0.15) is 31.0 Å². The number of ether oxygens (including phenoxy) is 2. The van der Waals surface area contributed by atoms with Crippen molar-refractivity contribution in [3.63, 3.8) is 0 Å². The summed E-state index contributed by atoms with van der Waals surface area (Å²) >= 11 is 0. The Morgan fingerprint density at radius 3 is 2.59 bits per heavy atom. The second-order valence-electron chi connectivity index (χ2n) is 7.09. The smallest absolute Gasteiger partial charge is 0.228 e. The Bertz CT molecular complexity index is 777. The van der Waals surface area contributed by atoms with Crippen LogP contribution in [0.5, 0.6) is 5.88 Å². The molecular formula is C22H30N4O3. The van der Waals surface area contributed by atoms with E-state index in [0.29, 0.717) is 51.2 Å². The molecule has 7 nitrogen and oxygen atoms in total. The average Bonchev–Trinajstić information content (AvgIpc) is 2.74. The van der Waals surface area contributed by atoms with Gasteiger partial charge >= 0.3 is 0 Å². The van der Waals surface area contributed by atoms with E-state index in [9.17, 15) is 4.79 Å². The first-order valence-corrected chi connectivity index (χ1v) is 10.3. The lowest BCUT2D eigenvalue weighted by Gasteiger charge is -2.35. The number of piperazine rings is 1. The van der Waals surface area contributed by atoms with E-state index >= 15 is 0 Å². The van der Waals surface area contributed by atoms with Gasteiger partial charge in [-0.05, 0) is 25.8 Å². The molecule has 1 aliphatic rings. The largest absolute Gasteiger partial charge is 0.478 e. The molecule has 3 rings (SSSR count). The number of anilines is 1. The number of benzene rings is 1. The fourth-order valence-electron chi connectivity index (χ4n) is 3.29. The molecule has 0 radical (unpaired) electrons. The van der Waals surface area contributed by atoms with Crippen molar-refractivity contribution in [3.05, 3.63) is 47.7 Å². The van der Waals surface area contributed by atoms with Crippen LogP contribution in [0.2, 0.25) is 0 Å². The molecule has 0 atom stereocenters. The van der Waals surface area contributed by atoms with Crippen LogP contribution in [0, 0.1) is 6.92 Å². The van der Waals surface area contributed by atoms with Crippen LogP contribution in [0.25, 0.3) is 0 Å². The molecule has 7 heteroatoms. The van der Waals surface area contributed by atoms with Crippen LogP contribution in [0.3, 0.4) is 0 Å². The minimum Gasteiger partial charge on any atom is -0.478 e. The average molecular weight is 399 g/mol. The summed E-state index contributed by atoms with van der Waals surface area (Å²) in [4.78, 5) is 25.5. The number of aryl methyl sites for hydroxylation is 1. The monoisotopic (exact) mass is 398 g/mol. The molecule has 2 heterocycles. The SMILES string of the molecule is CCOc1cc(C)nc(N2CCN(C(=O)CCCOCc3ccccc3)CC2)n1. The maximum Gasteiger partial charge on any atom is 0.228 e. The molecule has 0 aliphatic carbocycles. The number of aromatic nitrogens is 2. The van der Waals surface area contributed by atoms with Gasteiger partial charge in [-0.3, -0.25) is 4.79 Å². The lowest BCUT2D eigenvalue weighted by molar-refractivity contribution is -0.131. The van der Waals surface area contributed by atoms with E-state index in [0.717, 1.165) is 30.8 Å². The van der Waals surface area contributed by atoms with Crippen molar-refractivity contribution in [3.8, 4) is 5.88 Å². The summed E-state index contributed by atoms with van der Waals surface area (Å²) in [7, 11) is 0. The van der Waals surface area contributed by atoms with Crippen molar-refractivity contribution < 1.29 is 14.3 Å². The molecule has 0 spiro atoms. The van der Waals surface area contributed by atoms with E-state index < -0.39 is 0 Å². The first kappa shape index (κ1) is 21.0.